The van der Waals surface area contributed by atoms with Gasteiger partial charge in [0.05, 0.1) is 22.2 Å². The molecule has 0 fully saturated rings. The Bertz CT molecular complexity index is 3740. The second kappa shape index (κ2) is 15.3. The van der Waals surface area contributed by atoms with E-state index in [1.807, 2.05) is 6.07 Å². The summed E-state index contributed by atoms with van der Waals surface area (Å²) < 4.78 is 6.74. The van der Waals surface area contributed by atoms with Gasteiger partial charge in [0.1, 0.15) is 11.5 Å². The van der Waals surface area contributed by atoms with E-state index in [1.54, 1.807) is 0 Å². The van der Waals surface area contributed by atoms with Gasteiger partial charge < -0.3 is 4.74 Å². The van der Waals surface area contributed by atoms with Gasteiger partial charge in [-0.25, -0.2) is 9.97 Å². The van der Waals surface area contributed by atoms with Crippen molar-refractivity contribution >= 4 is 0 Å². The summed E-state index contributed by atoms with van der Waals surface area (Å²) >= 11 is 0. The molecule has 14 rings (SSSR count). The minimum atomic E-state index is -0.621. The average molecular weight is 879 g/mol. The second-order valence-electron chi connectivity index (χ2n) is 18.3. The second-order valence-corrected chi connectivity index (χ2v) is 18.3. The van der Waals surface area contributed by atoms with Crippen molar-refractivity contribution in [2.45, 2.75) is 10.8 Å². The Morgan fingerprint density at radius 3 is 1.29 bits per heavy atom. The first kappa shape index (κ1) is 39.3. The minimum Gasteiger partial charge on any atom is -0.457 e. The highest BCUT2D eigenvalue weighted by Gasteiger charge is 2.58. The van der Waals surface area contributed by atoms with Crippen LogP contribution in [0.4, 0.5) is 0 Å². The highest BCUT2D eigenvalue weighted by atomic mass is 16.5. The summed E-state index contributed by atoms with van der Waals surface area (Å²) in [4.78, 5) is 10.6. The number of para-hydroxylation sites is 2. The number of nitrogens with zero attached hydrogens (tertiary/aromatic N) is 2. The maximum atomic E-state index is 6.74. The van der Waals surface area contributed by atoms with Crippen LogP contribution in [0.3, 0.4) is 0 Å². The van der Waals surface area contributed by atoms with E-state index < -0.39 is 10.8 Å². The molecule has 3 nitrogen and oxygen atoms in total. The number of rotatable bonds is 5. The third kappa shape index (κ3) is 5.68. The predicted octanol–water partition coefficient (Wildman–Crippen LogP) is 16.0. The maximum absolute atomic E-state index is 6.74. The van der Waals surface area contributed by atoms with Crippen molar-refractivity contribution in [1.29, 1.82) is 0 Å². The van der Waals surface area contributed by atoms with Crippen molar-refractivity contribution in [2.24, 2.45) is 0 Å². The molecule has 2 spiro atoms. The van der Waals surface area contributed by atoms with Crippen LogP contribution in [-0.2, 0) is 10.8 Å². The Hall–Kier alpha value is -8.92. The van der Waals surface area contributed by atoms with E-state index in [2.05, 4.69) is 249 Å². The third-order valence-corrected chi connectivity index (χ3v) is 14.9. The SMILES string of the molecule is c1ccc(-c2cc(-c3cccc(-c4ccc5c(c4)C4(c6ccccc6-5)c5ccccc5C5(c6ccccc6Oc6ccccc65)c5ccccc54)c3)nc(-c3ccccc3-c3ccccc3)n2)cc1. The molecule has 0 unspecified atom stereocenters. The zero-order valence-corrected chi connectivity index (χ0v) is 37.6. The lowest BCUT2D eigenvalue weighted by Crippen LogP contribution is -2.45. The van der Waals surface area contributed by atoms with Crippen LogP contribution in [0.1, 0.15) is 44.5 Å². The molecule has 322 valence electrons. The fourth-order valence-electron chi connectivity index (χ4n) is 12.1. The molecular weight excluding hydrogens is 837 g/mol. The summed E-state index contributed by atoms with van der Waals surface area (Å²) in [5.41, 5.74) is 20.6. The summed E-state index contributed by atoms with van der Waals surface area (Å²) in [5.74, 6) is 2.46. The molecule has 0 N–H and O–H groups in total. The van der Waals surface area contributed by atoms with Gasteiger partial charge >= 0.3 is 0 Å². The lowest BCUT2D eigenvalue weighted by Gasteiger charge is -2.51. The van der Waals surface area contributed by atoms with E-state index in [-0.39, 0.29) is 0 Å². The van der Waals surface area contributed by atoms with Gasteiger partial charge in [-0.05, 0) is 97.1 Å². The van der Waals surface area contributed by atoms with E-state index >= 15 is 0 Å². The summed E-state index contributed by atoms with van der Waals surface area (Å²) in [6, 6.07) is 92.3. The lowest BCUT2D eigenvalue weighted by molar-refractivity contribution is 0.429. The molecule has 69 heavy (non-hydrogen) atoms. The topological polar surface area (TPSA) is 35.0 Å². The molecule has 10 aromatic carbocycles. The van der Waals surface area contributed by atoms with Gasteiger partial charge in [0.25, 0.3) is 0 Å². The van der Waals surface area contributed by atoms with Crippen LogP contribution >= 0.6 is 0 Å². The Kier molecular flexibility index (Phi) is 8.71. The molecule has 1 aromatic heterocycles. The van der Waals surface area contributed by atoms with E-state index in [9.17, 15) is 0 Å². The normalized spacial score (nSPS) is 13.9. The lowest BCUT2D eigenvalue weighted by atomic mass is 9.51. The fourth-order valence-corrected chi connectivity index (χ4v) is 12.1. The number of hydrogen-bond donors (Lipinski definition) is 0. The molecular formula is C66H42N2O. The number of aromatic nitrogens is 2. The van der Waals surface area contributed by atoms with Crippen molar-refractivity contribution in [1.82, 2.24) is 9.97 Å². The van der Waals surface area contributed by atoms with Crippen LogP contribution in [0, 0.1) is 0 Å². The van der Waals surface area contributed by atoms with Crippen LogP contribution in [0.15, 0.2) is 255 Å². The number of ether oxygens (including phenoxy) is 1. The summed E-state index contributed by atoms with van der Waals surface area (Å²) in [6.45, 7) is 0. The minimum absolute atomic E-state index is 0.613. The Balaban J connectivity index is 0.976. The van der Waals surface area contributed by atoms with Gasteiger partial charge in [0, 0.05) is 27.8 Å². The average Bonchev–Trinajstić information content (AvgIpc) is 3.72. The first-order valence-corrected chi connectivity index (χ1v) is 23.7. The van der Waals surface area contributed by atoms with E-state index in [1.165, 1.54) is 44.5 Å². The van der Waals surface area contributed by atoms with E-state index in [0.717, 1.165) is 73.0 Å². The molecule has 0 saturated heterocycles. The molecule has 0 saturated carbocycles. The Morgan fingerprint density at radius 1 is 0.246 bits per heavy atom. The highest BCUT2D eigenvalue weighted by Crippen LogP contribution is 2.67. The van der Waals surface area contributed by atoms with Gasteiger partial charge in [0.2, 0.25) is 0 Å². The molecule has 0 bridgehead atoms. The largest absolute Gasteiger partial charge is 0.457 e. The van der Waals surface area contributed by atoms with Crippen molar-refractivity contribution < 1.29 is 4.74 Å². The zero-order valence-electron chi connectivity index (χ0n) is 37.6. The molecule has 2 heterocycles. The van der Waals surface area contributed by atoms with Gasteiger partial charge in [-0.1, -0.05) is 224 Å². The van der Waals surface area contributed by atoms with Crippen LogP contribution in [0.25, 0.3) is 67.3 Å². The third-order valence-electron chi connectivity index (χ3n) is 14.9. The maximum Gasteiger partial charge on any atom is 0.161 e. The zero-order chi connectivity index (χ0) is 45.5. The van der Waals surface area contributed by atoms with Crippen LogP contribution in [0.2, 0.25) is 0 Å². The first-order chi connectivity index (χ1) is 34.2. The molecule has 0 radical (unpaired) electrons. The molecule has 3 heteroatoms. The van der Waals surface area contributed by atoms with E-state index in [0.29, 0.717) is 5.82 Å². The molecule has 0 atom stereocenters. The Morgan fingerprint density at radius 2 is 0.667 bits per heavy atom. The van der Waals surface area contributed by atoms with Crippen LogP contribution in [-0.4, -0.2) is 9.97 Å². The number of benzene rings is 10. The fraction of sp³-hybridized carbons (Fsp3) is 0.0303. The molecule has 3 aliphatic rings. The van der Waals surface area contributed by atoms with Crippen molar-refractivity contribution in [3.63, 3.8) is 0 Å². The van der Waals surface area contributed by atoms with Crippen molar-refractivity contribution in [2.75, 3.05) is 0 Å². The van der Waals surface area contributed by atoms with Crippen LogP contribution < -0.4 is 4.74 Å². The first-order valence-electron chi connectivity index (χ1n) is 23.7. The van der Waals surface area contributed by atoms with E-state index in [4.69, 9.17) is 14.7 Å². The van der Waals surface area contributed by atoms with Gasteiger partial charge in [0.15, 0.2) is 5.82 Å². The Labute approximate surface area is 401 Å². The van der Waals surface area contributed by atoms with Crippen molar-refractivity contribution in [3.05, 3.63) is 299 Å². The van der Waals surface area contributed by atoms with Gasteiger partial charge in [-0.15, -0.1) is 0 Å². The predicted molar refractivity (Wildman–Crippen MR) is 278 cm³/mol. The monoisotopic (exact) mass is 878 g/mol. The van der Waals surface area contributed by atoms with Crippen molar-refractivity contribution in [3.8, 4) is 78.8 Å². The number of hydrogen-bond acceptors (Lipinski definition) is 3. The summed E-state index contributed by atoms with van der Waals surface area (Å²) in [5, 5.41) is 0. The standard InChI is InChI=1S/C66H42N2O/c1-3-20-43(21-4-1)48-26-7-8-28-51(48)64-67-60(44-22-5-2-6-23-44)42-61(68-64)47-25-19-24-45(40-47)46-38-39-50-49-27-9-10-29-52(49)65(59(50)41-46)53-30-11-13-32-55(53)66(56-33-14-12-31-54(56)65)57-34-15-17-36-62(57)69-63-37-18-16-35-58(63)66/h1-42H. The molecule has 0 amide bonds. The molecule has 1 aliphatic heterocycles. The summed E-state index contributed by atoms with van der Waals surface area (Å²) in [7, 11) is 0. The number of fused-ring (bicyclic) bond motifs is 15. The van der Waals surface area contributed by atoms with Gasteiger partial charge in [-0.2, -0.15) is 0 Å². The summed E-state index contributed by atoms with van der Waals surface area (Å²) in [6.07, 6.45) is 0. The smallest absolute Gasteiger partial charge is 0.161 e. The molecule has 11 aromatic rings. The van der Waals surface area contributed by atoms with Crippen LogP contribution in [0.5, 0.6) is 11.5 Å². The van der Waals surface area contributed by atoms with Gasteiger partial charge in [-0.3, -0.25) is 0 Å². The highest BCUT2D eigenvalue weighted by molar-refractivity contribution is 5.92. The molecule has 2 aliphatic carbocycles. The quantitative estimate of drug-likeness (QED) is 0.173.